The summed E-state index contributed by atoms with van der Waals surface area (Å²) in [6, 6.07) is 7.93. The van der Waals surface area contributed by atoms with Crippen molar-refractivity contribution in [2.75, 3.05) is 31.3 Å². The molecule has 1 amide bonds. The molecule has 0 N–H and O–H groups in total. The van der Waals surface area contributed by atoms with Gasteiger partial charge in [-0.1, -0.05) is 32.4 Å². The van der Waals surface area contributed by atoms with E-state index in [1.807, 2.05) is 34.6 Å². The average Bonchev–Trinajstić information content (AvgIpc) is 2.80. The molecule has 7 nitrogen and oxygen atoms in total. The van der Waals surface area contributed by atoms with E-state index in [1.165, 1.54) is 12.1 Å². The first-order chi connectivity index (χ1) is 16.0. The standard InChI is InChI=1S/C25H33ClN2O5S/c1-6-28(23(29)24(3,4)5)22-21(33-7-2)16-18(17-27-22)25(12-14-32-15-13-25)34(30,31)20-10-8-19(26)9-11-20/h8-11,16-17H,6-7,12-15H2,1-5H3. The number of hydrogen-bond donors (Lipinski definition) is 0. The molecule has 34 heavy (non-hydrogen) atoms. The lowest BCUT2D eigenvalue weighted by molar-refractivity contribution is -0.125. The second-order valence-electron chi connectivity index (χ2n) is 9.34. The van der Waals surface area contributed by atoms with Crippen LogP contribution in [0.1, 0.15) is 53.0 Å². The number of anilines is 1. The number of ether oxygens (including phenoxy) is 2. The lowest BCUT2D eigenvalue weighted by Crippen LogP contribution is -2.42. The fraction of sp³-hybridized carbons (Fsp3) is 0.520. The first-order valence-electron chi connectivity index (χ1n) is 11.5. The highest BCUT2D eigenvalue weighted by molar-refractivity contribution is 7.92. The number of sulfone groups is 1. The van der Waals surface area contributed by atoms with Crippen LogP contribution in [0.3, 0.4) is 0 Å². The Hall–Kier alpha value is -2.16. The van der Waals surface area contributed by atoms with Gasteiger partial charge in [-0.05, 0) is 62.6 Å². The van der Waals surface area contributed by atoms with E-state index in [-0.39, 0.29) is 23.6 Å². The van der Waals surface area contributed by atoms with Gasteiger partial charge in [0.05, 0.1) is 11.5 Å². The SMILES string of the molecule is CCOc1cc(C2(S(=O)(=O)c3ccc(Cl)cc3)CCOCC2)cnc1N(CC)C(=O)C(C)(C)C. The molecule has 186 valence electrons. The van der Waals surface area contributed by atoms with Crippen LogP contribution in [-0.4, -0.2) is 45.7 Å². The highest BCUT2D eigenvalue weighted by atomic mass is 35.5. The number of amides is 1. The quantitative estimate of drug-likeness (QED) is 0.522. The molecule has 3 rings (SSSR count). The monoisotopic (exact) mass is 508 g/mol. The molecule has 1 aliphatic rings. The van der Waals surface area contributed by atoms with E-state index in [0.717, 1.165) is 0 Å². The fourth-order valence-electron chi connectivity index (χ4n) is 4.20. The van der Waals surface area contributed by atoms with Crippen molar-refractivity contribution in [1.82, 2.24) is 4.98 Å². The van der Waals surface area contributed by atoms with E-state index in [0.29, 0.717) is 48.5 Å². The lowest BCUT2D eigenvalue weighted by atomic mass is 9.91. The van der Waals surface area contributed by atoms with Crippen LogP contribution in [0.5, 0.6) is 5.75 Å². The third-order valence-corrected chi connectivity index (χ3v) is 8.87. The Balaban J connectivity index is 2.17. The van der Waals surface area contributed by atoms with Gasteiger partial charge in [0.1, 0.15) is 4.75 Å². The molecule has 0 aliphatic carbocycles. The third-order valence-electron chi connectivity index (χ3n) is 6.06. The summed E-state index contributed by atoms with van der Waals surface area (Å²) >= 11 is 6.00. The van der Waals surface area contributed by atoms with Crippen LogP contribution in [-0.2, 0) is 24.1 Å². The zero-order valence-corrected chi connectivity index (χ0v) is 22.0. The zero-order valence-electron chi connectivity index (χ0n) is 20.4. The van der Waals surface area contributed by atoms with Crippen molar-refractivity contribution in [3.63, 3.8) is 0 Å². The van der Waals surface area contributed by atoms with Gasteiger partial charge in [0.25, 0.3) is 0 Å². The highest BCUT2D eigenvalue weighted by Gasteiger charge is 2.48. The largest absolute Gasteiger partial charge is 0.490 e. The number of benzene rings is 1. The number of nitrogens with zero attached hydrogens (tertiary/aromatic N) is 2. The smallest absolute Gasteiger partial charge is 0.233 e. The van der Waals surface area contributed by atoms with Gasteiger partial charge in [0, 0.05) is 36.4 Å². The third kappa shape index (κ3) is 4.95. The number of pyridine rings is 1. The number of rotatable bonds is 7. The number of carbonyl (C=O) groups is 1. The Morgan fingerprint density at radius 2 is 1.79 bits per heavy atom. The minimum absolute atomic E-state index is 0.0919. The summed E-state index contributed by atoms with van der Waals surface area (Å²) < 4.78 is 38.1. The van der Waals surface area contributed by atoms with E-state index in [9.17, 15) is 13.2 Å². The molecule has 2 aromatic rings. The van der Waals surface area contributed by atoms with Gasteiger partial charge in [-0.3, -0.25) is 9.69 Å². The molecule has 1 fully saturated rings. The van der Waals surface area contributed by atoms with Crippen molar-refractivity contribution in [2.24, 2.45) is 5.41 Å². The van der Waals surface area contributed by atoms with E-state index in [2.05, 4.69) is 4.98 Å². The van der Waals surface area contributed by atoms with Gasteiger partial charge >= 0.3 is 0 Å². The van der Waals surface area contributed by atoms with Crippen molar-refractivity contribution in [1.29, 1.82) is 0 Å². The summed E-state index contributed by atoms with van der Waals surface area (Å²) in [5, 5.41) is 0.466. The van der Waals surface area contributed by atoms with Crippen LogP contribution in [0.25, 0.3) is 0 Å². The summed E-state index contributed by atoms with van der Waals surface area (Å²) in [5.74, 6) is 0.682. The summed E-state index contributed by atoms with van der Waals surface area (Å²) in [6.07, 6.45) is 2.13. The van der Waals surface area contributed by atoms with Gasteiger partial charge in [-0.15, -0.1) is 0 Å². The van der Waals surface area contributed by atoms with Crippen LogP contribution < -0.4 is 9.64 Å². The second-order valence-corrected chi connectivity index (χ2v) is 12.0. The minimum atomic E-state index is -3.82. The first-order valence-corrected chi connectivity index (χ1v) is 13.4. The maximum Gasteiger partial charge on any atom is 0.233 e. The Morgan fingerprint density at radius 1 is 1.18 bits per heavy atom. The molecule has 1 aromatic carbocycles. The van der Waals surface area contributed by atoms with Crippen LogP contribution >= 0.6 is 11.6 Å². The van der Waals surface area contributed by atoms with Gasteiger partial charge in [0.2, 0.25) is 5.91 Å². The minimum Gasteiger partial charge on any atom is -0.490 e. The molecule has 0 bridgehead atoms. The van der Waals surface area contributed by atoms with Gasteiger partial charge in [0.15, 0.2) is 21.4 Å². The Kier molecular flexibility index (Phi) is 7.95. The Labute approximate surface area is 207 Å². The molecule has 0 spiro atoms. The molecule has 1 saturated heterocycles. The van der Waals surface area contributed by atoms with Crippen molar-refractivity contribution in [3.8, 4) is 5.75 Å². The van der Waals surface area contributed by atoms with Gasteiger partial charge in [-0.2, -0.15) is 0 Å². The van der Waals surface area contributed by atoms with Gasteiger partial charge in [-0.25, -0.2) is 13.4 Å². The number of aromatic nitrogens is 1. The summed E-state index contributed by atoms with van der Waals surface area (Å²) in [7, 11) is -3.82. The Bertz CT molecular complexity index is 1120. The zero-order chi connectivity index (χ0) is 25.1. The average molecular weight is 509 g/mol. The van der Waals surface area contributed by atoms with E-state index in [4.69, 9.17) is 21.1 Å². The molecule has 0 radical (unpaired) electrons. The molecule has 2 heterocycles. The lowest BCUT2D eigenvalue weighted by Gasteiger charge is -2.37. The fourth-order valence-corrected chi connectivity index (χ4v) is 6.40. The van der Waals surface area contributed by atoms with Crippen LogP contribution in [0.2, 0.25) is 5.02 Å². The predicted molar refractivity (Wildman–Crippen MR) is 133 cm³/mol. The van der Waals surface area contributed by atoms with Crippen molar-refractivity contribution in [3.05, 3.63) is 47.1 Å². The maximum atomic E-state index is 14.0. The van der Waals surface area contributed by atoms with Crippen LogP contribution in [0, 0.1) is 5.41 Å². The van der Waals surface area contributed by atoms with Gasteiger partial charge < -0.3 is 9.47 Å². The molecular weight excluding hydrogens is 476 g/mol. The first kappa shape index (κ1) is 26.4. The number of carbonyl (C=O) groups excluding carboxylic acids is 1. The molecule has 0 unspecified atom stereocenters. The van der Waals surface area contributed by atoms with Crippen LogP contribution in [0.15, 0.2) is 41.4 Å². The summed E-state index contributed by atoms with van der Waals surface area (Å²) in [6.45, 7) is 10.6. The molecule has 0 saturated carbocycles. The van der Waals surface area contributed by atoms with Crippen molar-refractivity contribution >= 4 is 33.2 Å². The molecule has 1 aliphatic heterocycles. The maximum absolute atomic E-state index is 14.0. The van der Waals surface area contributed by atoms with E-state index >= 15 is 0 Å². The normalized spacial score (nSPS) is 16.2. The Morgan fingerprint density at radius 3 is 2.32 bits per heavy atom. The van der Waals surface area contributed by atoms with E-state index < -0.39 is 20.0 Å². The topological polar surface area (TPSA) is 85.8 Å². The summed E-state index contributed by atoms with van der Waals surface area (Å²) in [5.41, 5.74) is -0.0862. The number of halogens is 1. The highest BCUT2D eigenvalue weighted by Crippen LogP contribution is 2.45. The molecule has 0 atom stereocenters. The summed E-state index contributed by atoms with van der Waals surface area (Å²) in [4.78, 5) is 19.5. The molecule has 9 heteroatoms. The van der Waals surface area contributed by atoms with E-state index in [1.54, 1.807) is 29.3 Å². The molecular formula is C25H33ClN2O5S. The van der Waals surface area contributed by atoms with Crippen molar-refractivity contribution in [2.45, 2.75) is 57.1 Å². The van der Waals surface area contributed by atoms with Crippen molar-refractivity contribution < 1.29 is 22.7 Å². The second kappa shape index (κ2) is 10.2. The molecule has 1 aromatic heterocycles. The van der Waals surface area contributed by atoms with Crippen LogP contribution in [0.4, 0.5) is 5.82 Å². The predicted octanol–water partition coefficient (Wildman–Crippen LogP) is 5.01. The number of hydrogen-bond acceptors (Lipinski definition) is 6.